The molecule has 8 heteroatoms. The predicted molar refractivity (Wildman–Crippen MR) is 79.8 cm³/mol. The Morgan fingerprint density at radius 2 is 1.88 bits per heavy atom. The summed E-state index contributed by atoms with van der Waals surface area (Å²) in [6.45, 7) is 4.88. The summed E-state index contributed by atoms with van der Waals surface area (Å²) in [7, 11) is 0. The summed E-state index contributed by atoms with van der Waals surface area (Å²) in [5.74, 6) is -2.08. The molecule has 1 saturated carbocycles. The van der Waals surface area contributed by atoms with Gasteiger partial charge in [0.25, 0.3) is 0 Å². The van der Waals surface area contributed by atoms with E-state index in [0.717, 1.165) is 12.1 Å². The van der Waals surface area contributed by atoms with Crippen molar-refractivity contribution in [2.45, 2.75) is 44.9 Å². The van der Waals surface area contributed by atoms with E-state index < -0.39 is 41.2 Å². The van der Waals surface area contributed by atoms with Crippen LogP contribution in [0.1, 0.15) is 44.2 Å². The van der Waals surface area contributed by atoms with Gasteiger partial charge in [0.2, 0.25) is 0 Å². The van der Waals surface area contributed by atoms with Crippen molar-refractivity contribution in [1.82, 2.24) is 0 Å². The number of anilines is 1. The van der Waals surface area contributed by atoms with Gasteiger partial charge in [-0.1, -0.05) is 6.07 Å². The highest BCUT2D eigenvalue weighted by Crippen LogP contribution is 2.50. The molecule has 1 aliphatic rings. The number of carbonyl (C=O) groups is 2. The van der Waals surface area contributed by atoms with Crippen LogP contribution < -0.4 is 5.32 Å². The Morgan fingerprint density at radius 1 is 1.25 bits per heavy atom. The molecule has 0 saturated heterocycles. The van der Waals surface area contributed by atoms with Crippen LogP contribution in [0.15, 0.2) is 18.2 Å². The van der Waals surface area contributed by atoms with Crippen LogP contribution in [0, 0.1) is 5.92 Å². The standard InChI is InChI=1S/C16H18F3NO4/c1-15(2,3)24-14(23)20-12-6-8(16(17,18)19)4-5-9(12)10-7-11(10)13(21)22/h4-6,10-11H,7H2,1-3H3,(H,20,23)(H,21,22). The molecule has 0 heterocycles. The predicted octanol–water partition coefficient (Wildman–Crippen LogP) is 4.24. The van der Waals surface area contributed by atoms with Crippen molar-refractivity contribution in [3.8, 4) is 0 Å². The second kappa shape index (κ2) is 5.99. The SMILES string of the molecule is CC(C)(C)OC(=O)Nc1cc(C(F)(F)F)ccc1C1CC1C(=O)O. The molecule has 2 atom stereocenters. The van der Waals surface area contributed by atoms with Crippen LogP contribution in [-0.4, -0.2) is 22.8 Å². The lowest BCUT2D eigenvalue weighted by Crippen LogP contribution is -2.27. The minimum Gasteiger partial charge on any atom is -0.481 e. The molecule has 1 fully saturated rings. The van der Waals surface area contributed by atoms with E-state index in [1.165, 1.54) is 6.07 Å². The normalized spacial score (nSPS) is 20.4. The fraction of sp³-hybridized carbons (Fsp3) is 0.500. The third kappa shape index (κ3) is 4.39. The summed E-state index contributed by atoms with van der Waals surface area (Å²) in [5.41, 5.74) is -1.45. The minimum atomic E-state index is -4.57. The number of hydrogen-bond acceptors (Lipinski definition) is 3. The zero-order chi connectivity index (χ0) is 18.3. The van der Waals surface area contributed by atoms with Crippen molar-refractivity contribution in [3.05, 3.63) is 29.3 Å². The van der Waals surface area contributed by atoms with Crippen LogP contribution in [0.2, 0.25) is 0 Å². The fourth-order valence-corrected chi connectivity index (χ4v) is 2.39. The van der Waals surface area contributed by atoms with Crippen LogP contribution in [-0.2, 0) is 15.7 Å². The highest BCUT2D eigenvalue weighted by molar-refractivity contribution is 5.87. The van der Waals surface area contributed by atoms with Gasteiger partial charge in [-0.3, -0.25) is 10.1 Å². The summed E-state index contributed by atoms with van der Waals surface area (Å²) < 4.78 is 43.7. The third-order valence-corrected chi connectivity index (χ3v) is 3.52. The van der Waals surface area contributed by atoms with E-state index in [9.17, 15) is 22.8 Å². The van der Waals surface area contributed by atoms with E-state index in [-0.39, 0.29) is 5.69 Å². The monoisotopic (exact) mass is 345 g/mol. The van der Waals surface area contributed by atoms with Crippen molar-refractivity contribution in [3.63, 3.8) is 0 Å². The Labute approximate surface area is 136 Å². The number of hydrogen-bond donors (Lipinski definition) is 2. The first-order valence-electron chi connectivity index (χ1n) is 7.32. The van der Waals surface area contributed by atoms with E-state index >= 15 is 0 Å². The average molecular weight is 345 g/mol. The molecule has 1 amide bonds. The van der Waals surface area contributed by atoms with Gasteiger partial charge in [0.05, 0.1) is 11.5 Å². The van der Waals surface area contributed by atoms with Gasteiger partial charge in [0, 0.05) is 11.6 Å². The van der Waals surface area contributed by atoms with Crippen LogP contribution in [0.25, 0.3) is 0 Å². The molecular weight excluding hydrogens is 327 g/mol. The molecule has 24 heavy (non-hydrogen) atoms. The Kier molecular flexibility index (Phi) is 4.52. The zero-order valence-corrected chi connectivity index (χ0v) is 13.4. The summed E-state index contributed by atoms with van der Waals surface area (Å²) in [6, 6.07) is 2.90. The summed E-state index contributed by atoms with van der Waals surface area (Å²) in [4.78, 5) is 22.9. The first kappa shape index (κ1) is 18.1. The van der Waals surface area contributed by atoms with Crippen molar-refractivity contribution in [2.75, 3.05) is 5.32 Å². The molecule has 0 aromatic heterocycles. The molecule has 1 aromatic rings. The Bertz CT molecular complexity index is 664. The highest BCUT2D eigenvalue weighted by Gasteiger charge is 2.46. The number of nitrogens with one attached hydrogen (secondary N) is 1. The molecular formula is C16H18F3NO4. The average Bonchev–Trinajstić information content (AvgIpc) is 3.15. The molecule has 0 bridgehead atoms. The van der Waals surface area contributed by atoms with E-state index in [1.54, 1.807) is 20.8 Å². The number of benzene rings is 1. The smallest absolute Gasteiger partial charge is 0.416 e. The Morgan fingerprint density at radius 3 is 2.33 bits per heavy atom. The lowest BCUT2D eigenvalue weighted by molar-refractivity contribution is -0.139. The Hall–Kier alpha value is -2.25. The van der Waals surface area contributed by atoms with E-state index in [0.29, 0.717) is 12.0 Å². The van der Waals surface area contributed by atoms with Gasteiger partial charge in [-0.2, -0.15) is 13.2 Å². The van der Waals surface area contributed by atoms with Gasteiger partial charge in [-0.15, -0.1) is 0 Å². The third-order valence-electron chi connectivity index (χ3n) is 3.52. The number of ether oxygens (including phenoxy) is 1. The van der Waals surface area contributed by atoms with Crippen molar-refractivity contribution in [1.29, 1.82) is 0 Å². The molecule has 5 nitrogen and oxygen atoms in total. The lowest BCUT2D eigenvalue weighted by Gasteiger charge is -2.21. The minimum absolute atomic E-state index is 0.0761. The number of halogens is 3. The molecule has 2 unspecified atom stereocenters. The Balaban J connectivity index is 2.31. The van der Waals surface area contributed by atoms with Gasteiger partial charge >= 0.3 is 18.2 Å². The maximum Gasteiger partial charge on any atom is 0.416 e. The second-order valence-corrected chi connectivity index (χ2v) is 6.71. The maximum absolute atomic E-state index is 12.9. The number of aliphatic carboxylic acids is 1. The van der Waals surface area contributed by atoms with Gasteiger partial charge in [-0.25, -0.2) is 4.79 Å². The van der Waals surface area contributed by atoms with Crippen LogP contribution in [0.3, 0.4) is 0 Å². The van der Waals surface area contributed by atoms with E-state index in [1.807, 2.05) is 0 Å². The molecule has 1 aliphatic carbocycles. The number of amides is 1. The molecule has 0 radical (unpaired) electrons. The van der Waals surface area contributed by atoms with Gasteiger partial charge < -0.3 is 9.84 Å². The molecule has 1 aromatic carbocycles. The highest BCUT2D eigenvalue weighted by atomic mass is 19.4. The number of rotatable bonds is 3. The molecule has 2 N–H and O–H groups in total. The molecule has 2 rings (SSSR count). The quantitative estimate of drug-likeness (QED) is 0.859. The number of alkyl halides is 3. The second-order valence-electron chi connectivity index (χ2n) is 6.71. The van der Waals surface area contributed by atoms with E-state index in [2.05, 4.69) is 5.32 Å². The van der Waals surface area contributed by atoms with Crippen molar-refractivity contribution >= 4 is 17.7 Å². The van der Waals surface area contributed by atoms with Gasteiger partial charge in [0.15, 0.2) is 0 Å². The molecule has 132 valence electrons. The van der Waals surface area contributed by atoms with E-state index in [4.69, 9.17) is 9.84 Å². The first-order chi connectivity index (χ1) is 10.9. The zero-order valence-electron chi connectivity index (χ0n) is 13.4. The van der Waals surface area contributed by atoms with Gasteiger partial charge in [0.1, 0.15) is 5.60 Å². The lowest BCUT2D eigenvalue weighted by atomic mass is 10.0. The topological polar surface area (TPSA) is 75.6 Å². The number of carboxylic acids is 1. The van der Waals surface area contributed by atoms with Crippen LogP contribution in [0.4, 0.5) is 23.7 Å². The maximum atomic E-state index is 12.9. The molecule has 0 spiro atoms. The summed E-state index contributed by atoms with van der Waals surface area (Å²) in [5, 5.41) is 11.3. The summed E-state index contributed by atoms with van der Waals surface area (Å²) >= 11 is 0. The largest absolute Gasteiger partial charge is 0.481 e. The molecule has 0 aliphatic heterocycles. The first-order valence-corrected chi connectivity index (χ1v) is 7.32. The van der Waals surface area contributed by atoms with Crippen LogP contribution in [0.5, 0.6) is 0 Å². The van der Waals surface area contributed by atoms with Crippen LogP contribution >= 0.6 is 0 Å². The van der Waals surface area contributed by atoms with Gasteiger partial charge in [-0.05, 0) is 44.9 Å². The fourth-order valence-electron chi connectivity index (χ4n) is 2.39. The number of carbonyl (C=O) groups excluding carboxylic acids is 1. The number of carboxylic acid groups (broad SMARTS) is 1. The summed E-state index contributed by atoms with van der Waals surface area (Å²) in [6.07, 6.45) is -5.14. The van der Waals surface area contributed by atoms with Crippen molar-refractivity contribution in [2.24, 2.45) is 5.92 Å². The van der Waals surface area contributed by atoms with Crippen molar-refractivity contribution < 1.29 is 32.6 Å².